The third-order valence-corrected chi connectivity index (χ3v) is 5.00. The Hall–Kier alpha value is -2.95. The van der Waals surface area contributed by atoms with E-state index in [-0.39, 0.29) is 23.6 Å². The van der Waals surface area contributed by atoms with Gasteiger partial charge in [-0.25, -0.2) is 4.90 Å². The summed E-state index contributed by atoms with van der Waals surface area (Å²) in [5.41, 5.74) is 3.24. The smallest absolute Gasteiger partial charge is 0.266 e. The zero-order chi connectivity index (χ0) is 18.4. The average Bonchev–Trinajstić information content (AvgIpc) is 2.91. The number of hydrogen-bond acceptors (Lipinski definition) is 3. The molecule has 0 N–H and O–H groups in total. The van der Waals surface area contributed by atoms with Crippen molar-refractivity contribution in [2.24, 2.45) is 5.92 Å². The van der Waals surface area contributed by atoms with Crippen molar-refractivity contribution in [2.45, 2.75) is 26.7 Å². The second-order valence-electron chi connectivity index (χ2n) is 7.05. The van der Waals surface area contributed by atoms with Crippen LogP contribution in [0.3, 0.4) is 0 Å². The third kappa shape index (κ3) is 2.43. The molecule has 0 aromatic heterocycles. The largest absolute Gasteiger partial charge is 0.312 e. The molecule has 0 radical (unpaired) electrons. The van der Waals surface area contributed by atoms with Crippen LogP contribution < -0.4 is 9.80 Å². The van der Waals surface area contributed by atoms with Crippen LogP contribution in [0.5, 0.6) is 0 Å². The van der Waals surface area contributed by atoms with Crippen LogP contribution in [0.4, 0.5) is 11.4 Å². The maximum absolute atomic E-state index is 12.7. The summed E-state index contributed by atoms with van der Waals surface area (Å²) in [4.78, 5) is 41.0. The molecule has 2 aromatic carbocycles. The minimum absolute atomic E-state index is 0.0606. The number of imide groups is 1. The highest BCUT2D eigenvalue weighted by Crippen LogP contribution is 2.35. The number of hydrogen-bond donors (Lipinski definition) is 0. The Morgan fingerprint density at radius 1 is 1.00 bits per heavy atom. The summed E-state index contributed by atoms with van der Waals surface area (Å²) in [5.74, 6) is -0.680. The molecule has 2 heterocycles. The molecule has 0 atom stereocenters. The van der Waals surface area contributed by atoms with E-state index < -0.39 is 0 Å². The second kappa shape index (κ2) is 6.09. The Labute approximate surface area is 152 Å². The fourth-order valence-corrected chi connectivity index (χ4v) is 3.67. The molecule has 4 rings (SSSR count). The lowest BCUT2D eigenvalue weighted by Crippen LogP contribution is -2.38. The zero-order valence-corrected chi connectivity index (χ0v) is 14.9. The standard InChI is InChI=1S/C21H20N2O3/c1-13(2)19(24)22-11-5-6-14-9-10-15(12-18(14)22)23-20(25)16-7-3-4-8-17(16)21(23)26/h3-4,7-10,12-13H,5-6,11H2,1-2H3. The van der Waals surface area contributed by atoms with Gasteiger partial charge in [0.15, 0.2) is 0 Å². The van der Waals surface area contributed by atoms with E-state index in [4.69, 9.17) is 0 Å². The Balaban J connectivity index is 1.76. The molecule has 0 spiro atoms. The van der Waals surface area contributed by atoms with Gasteiger partial charge in [0.05, 0.1) is 16.8 Å². The molecule has 0 fully saturated rings. The fraction of sp³-hybridized carbons (Fsp3) is 0.286. The highest BCUT2D eigenvalue weighted by Gasteiger charge is 2.37. The van der Waals surface area contributed by atoms with E-state index in [2.05, 4.69) is 0 Å². The quantitative estimate of drug-likeness (QED) is 0.782. The zero-order valence-electron chi connectivity index (χ0n) is 14.9. The van der Waals surface area contributed by atoms with Gasteiger partial charge in [-0.05, 0) is 42.7 Å². The first-order chi connectivity index (χ1) is 12.5. The Morgan fingerprint density at radius 2 is 1.65 bits per heavy atom. The lowest BCUT2D eigenvalue weighted by molar-refractivity contribution is -0.121. The van der Waals surface area contributed by atoms with Gasteiger partial charge < -0.3 is 4.90 Å². The Morgan fingerprint density at radius 3 is 2.27 bits per heavy atom. The maximum atomic E-state index is 12.7. The first kappa shape index (κ1) is 16.5. The van der Waals surface area contributed by atoms with E-state index in [1.165, 1.54) is 4.90 Å². The van der Waals surface area contributed by atoms with Crippen molar-refractivity contribution in [3.05, 3.63) is 59.2 Å². The van der Waals surface area contributed by atoms with E-state index in [1.54, 1.807) is 41.3 Å². The number of nitrogens with zero attached hydrogens (tertiary/aromatic N) is 2. The number of amides is 3. The molecular formula is C21H20N2O3. The SMILES string of the molecule is CC(C)C(=O)N1CCCc2ccc(N3C(=O)c4ccccc4C3=O)cc21. The van der Waals surface area contributed by atoms with Crippen molar-refractivity contribution >= 4 is 29.1 Å². The minimum Gasteiger partial charge on any atom is -0.312 e. The van der Waals surface area contributed by atoms with Crippen molar-refractivity contribution in [2.75, 3.05) is 16.3 Å². The van der Waals surface area contributed by atoms with Gasteiger partial charge in [0, 0.05) is 18.2 Å². The first-order valence-corrected chi connectivity index (χ1v) is 8.91. The summed E-state index contributed by atoms with van der Waals surface area (Å²) in [6.07, 6.45) is 1.80. The van der Waals surface area contributed by atoms with E-state index >= 15 is 0 Å². The molecule has 132 valence electrons. The summed E-state index contributed by atoms with van der Waals surface area (Å²) in [6, 6.07) is 12.4. The predicted molar refractivity (Wildman–Crippen MR) is 99.5 cm³/mol. The van der Waals surface area contributed by atoms with Crippen LogP contribution in [0.15, 0.2) is 42.5 Å². The molecule has 2 aliphatic rings. The number of fused-ring (bicyclic) bond motifs is 2. The van der Waals surface area contributed by atoms with Crippen molar-refractivity contribution in [3.8, 4) is 0 Å². The van der Waals surface area contributed by atoms with E-state index in [1.807, 2.05) is 19.9 Å². The summed E-state index contributed by atoms with van der Waals surface area (Å²) < 4.78 is 0. The number of carbonyl (C=O) groups is 3. The summed E-state index contributed by atoms with van der Waals surface area (Å²) in [6.45, 7) is 4.42. The van der Waals surface area contributed by atoms with Crippen molar-refractivity contribution in [1.29, 1.82) is 0 Å². The first-order valence-electron chi connectivity index (χ1n) is 8.91. The monoisotopic (exact) mass is 348 g/mol. The molecule has 0 saturated carbocycles. The molecule has 26 heavy (non-hydrogen) atoms. The molecular weight excluding hydrogens is 328 g/mol. The topological polar surface area (TPSA) is 57.7 Å². The average molecular weight is 348 g/mol. The summed E-state index contributed by atoms with van der Waals surface area (Å²) in [7, 11) is 0. The van der Waals surface area contributed by atoms with E-state index in [9.17, 15) is 14.4 Å². The summed E-state index contributed by atoms with van der Waals surface area (Å²) in [5, 5.41) is 0. The molecule has 3 amide bonds. The van der Waals surface area contributed by atoms with Crippen LogP contribution in [0, 0.1) is 5.92 Å². The van der Waals surface area contributed by atoms with Gasteiger partial charge in [0.2, 0.25) is 5.91 Å². The Kier molecular flexibility index (Phi) is 3.87. The van der Waals surface area contributed by atoms with Gasteiger partial charge in [-0.1, -0.05) is 32.0 Å². The molecule has 5 heteroatoms. The predicted octanol–water partition coefficient (Wildman–Crippen LogP) is 3.42. The van der Waals surface area contributed by atoms with Crippen LogP contribution >= 0.6 is 0 Å². The number of anilines is 2. The van der Waals surface area contributed by atoms with E-state index in [0.29, 0.717) is 23.4 Å². The molecule has 2 aliphatic heterocycles. The maximum Gasteiger partial charge on any atom is 0.266 e. The number of rotatable bonds is 2. The van der Waals surface area contributed by atoms with E-state index in [0.717, 1.165) is 24.1 Å². The van der Waals surface area contributed by atoms with Crippen LogP contribution in [0.1, 0.15) is 46.5 Å². The van der Waals surface area contributed by atoms with Crippen LogP contribution in [-0.4, -0.2) is 24.3 Å². The third-order valence-electron chi connectivity index (χ3n) is 5.00. The van der Waals surface area contributed by atoms with Crippen LogP contribution in [0.2, 0.25) is 0 Å². The number of benzene rings is 2. The lowest BCUT2D eigenvalue weighted by Gasteiger charge is -2.31. The summed E-state index contributed by atoms with van der Waals surface area (Å²) >= 11 is 0. The molecule has 5 nitrogen and oxygen atoms in total. The molecule has 2 aromatic rings. The minimum atomic E-state index is -0.317. The molecule has 0 aliphatic carbocycles. The lowest BCUT2D eigenvalue weighted by atomic mass is 9.99. The van der Waals surface area contributed by atoms with Gasteiger partial charge in [-0.15, -0.1) is 0 Å². The highest BCUT2D eigenvalue weighted by atomic mass is 16.2. The van der Waals surface area contributed by atoms with Crippen LogP contribution in [-0.2, 0) is 11.2 Å². The van der Waals surface area contributed by atoms with Crippen molar-refractivity contribution in [1.82, 2.24) is 0 Å². The van der Waals surface area contributed by atoms with Gasteiger partial charge in [0.1, 0.15) is 0 Å². The van der Waals surface area contributed by atoms with Gasteiger partial charge in [-0.2, -0.15) is 0 Å². The molecule has 0 saturated heterocycles. The highest BCUT2D eigenvalue weighted by molar-refractivity contribution is 6.34. The number of aryl methyl sites for hydroxylation is 1. The van der Waals surface area contributed by atoms with Crippen LogP contribution in [0.25, 0.3) is 0 Å². The Bertz CT molecular complexity index is 898. The van der Waals surface area contributed by atoms with Crippen molar-refractivity contribution < 1.29 is 14.4 Å². The van der Waals surface area contributed by atoms with Crippen molar-refractivity contribution in [3.63, 3.8) is 0 Å². The van der Waals surface area contributed by atoms with Gasteiger partial charge in [-0.3, -0.25) is 14.4 Å². The van der Waals surface area contributed by atoms with Gasteiger partial charge >= 0.3 is 0 Å². The second-order valence-corrected chi connectivity index (χ2v) is 7.05. The number of carbonyl (C=O) groups excluding carboxylic acids is 3. The molecule has 0 bridgehead atoms. The normalized spacial score (nSPS) is 16.1. The van der Waals surface area contributed by atoms with Gasteiger partial charge in [0.25, 0.3) is 11.8 Å². The molecule has 0 unspecified atom stereocenters. The fourth-order valence-electron chi connectivity index (χ4n) is 3.67.